The summed E-state index contributed by atoms with van der Waals surface area (Å²) in [5.41, 5.74) is 2.60. The van der Waals surface area contributed by atoms with Gasteiger partial charge in [0.05, 0.1) is 16.3 Å². The summed E-state index contributed by atoms with van der Waals surface area (Å²) >= 11 is 6.35. The number of ether oxygens (including phenoxy) is 1. The molecule has 0 radical (unpaired) electrons. The van der Waals surface area contributed by atoms with Crippen LogP contribution in [-0.2, 0) is 16.4 Å². The molecule has 3 aromatic rings. The summed E-state index contributed by atoms with van der Waals surface area (Å²) in [5.74, 6) is 0.217. The summed E-state index contributed by atoms with van der Waals surface area (Å²) in [5, 5.41) is 2.76. The lowest BCUT2D eigenvalue weighted by Crippen LogP contribution is -2.29. The van der Waals surface area contributed by atoms with E-state index in [0.717, 1.165) is 11.1 Å². The molecule has 160 valence electrons. The van der Waals surface area contributed by atoms with Gasteiger partial charge in [-0.1, -0.05) is 48.0 Å². The number of rotatable bonds is 5. The van der Waals surface area contributed by atoms with Crippen LogP contribution >= 0.6 is 11.6 Å². The first-order valence-corrected chi connectivity index (χ1v) is 11.5. The molecule has 0 aliphatic carbocycles. The fourth-order valence-corrected chi connectivity index (χ4v) is 5.03. The minimum Gasteiger partial charge on any atom is -0.454 e. The number of nitrogens with zero attached hydrogens (tertiary/aromatic N) is 1. The van der Waals surface area contributed by atoms with Gasteiger partial charge in [-0.05, 0) is 42.7 Å². The monoisotopic (exact) mass is 456 g/mol. The van der Waals surface area contributed by atoms with Gasteiger partial charge in [0.25, 0.3) is 5.91 Å². The van der Waals surface area contributed by atoms with Crippen molar-refractivity contribution in [1.82, 2.24) is 4.31 Å². The third-order valence-electron chi connectivity index (χ3n) is 5.13. The summed E-state index contributed by atoms with van der Waals surface area (Å²) < 4.78 is 33.5. The number of sulfonamides is 1. The van der Waals surface area contributed by atoms with Gasteiger partial charge in [0, 0.05) is 19.7 Å². The van der Waals surface area contributed by atoms with Crippen molar-refractivity contribution in [2.45, 2.75) is 18.2 Å². The van der Waals surface area contributed by atoms with Crippen LogP contribution in [0.4, 0.5) is 5.69 Å². The fourth-order valence-electron chi connectivity index (χ4n) is 3.34. The summed E-state index contributed by atoms with van der Waals surface area (Å²) in [4.78, 5) is 12.6. The molecular formula is C23H21ClN2O4S. The van der Waals surface area contributed by atoms with E-state index in [1.807, 2.05) is 43.3 Å². The zero-order valence-corrected chi connectivity index (χ0v) is 18.6. The standard InChI is InChI=1S/C23H21ClN2O4S/c1-15-8-9-19-21(12-15)30-20-14-18(24)22(13-17(20)23(27)25-19)31(28,29)26(2)11-10-16-6-4-3-5-7-16/h3-9,12-14H,10-11H2,1-2H3,(H,25,27). The second kappa shape index (κ2) is 8.34. The number of amides is 1. The van der Waals surface area contributed by atoms with Crippen LogP contribution in [0.25, 0.3) is 0 Å². The number of benzene rings is 3. The molecule has 3 aromatic carbocycles. The van der Waals surface area contributed by atoms with Gasteiger partial charge in [-0.2, -0.15) is 0 Å². The minimum atomic E-state index is -3.92. The first-order valence-electron chi connectivity index (χ1n) is 9.69. The van der Waals surface area contributed by atoms with Crippen molar-refractivity contribution in [2.75, 3.05) is 18.9 Å². The van der Waals surface area contributed by atoms with Crippen molar-refractivity contribution in [1.29, 1.82) is 0 Å². The molecule has 1 aliphatic rings. The number of aryl methyl sites for hydroxylation is 1. The highest BCUT2D eigenvalue weighted by atomic mass is 35.5. The predicted molar refractivity (Wildman–Crippen MR) is 121 cm³/mol. The Labute approximate surface area is 186 Å². The predicted octanol–water partition coefficient (Wildman–Crippen LogP) is 4.87. The van der Waals surface area contributed by atoms with E-state index in [1.165, 1.54) is 23.5 Å². The molecular weight excluding hydrogens is 436 g/mol. The van der Waals surface area contributed by atoms with E-state index in [1.54, 1.807) is 12.1 Å². The highest BCUT2D eigenvalue weighted by Gasteiger charge is 2.29. The van der Waals surface area contributed by atoms with Crippen molar-refractivity contribution < 1.29 is 17.9 Å². The zero-order chi connectivity index (χ0) is 22.2. The van der Waals surface area contributed by atoms with Gasteiger partial charge in [-0.3, -0.25) is 4.79 Å². The minimum absolute atomic E-state index is 0.00536. The average molecular weight is 457 g/mol. The molecule has 0 unspecified atom stereocenters. The second-order valence-electron chi connectivity index (χ2n) is 7.40. The SMILES string of the molecule is Cc1ccc2c(c1)Oc1cc(Cl)c(S(=O)(=O)N(C)CCc3ccccc3)cc1C(=O)N2. The van der Waals surface area contributed by atoms with Crippen molar-refractivity contribution in [2.24, 2.45) is 0 Å². The fraction of sp³-hybridized carbons (Fsp3) is 0.174. The molecule has 1 heterocycles. The van der Waals surface area contributed by atoms with E-state index in [2.05, 4.69) is 5.32 Å². The van der Waals surface area contributed by atoms with E-state index < -0.39 is 15.9 Å². The second-order valence-corrected chi connectivity index (χ2v) is 9.82. The van der Waals surface area contributed by atoms with Crippen LogP contribution in [0.5, 0.6) is 11.5 Å². The molecule has 0 spiro atoms. The Bertz CT molecular complexity index is 1260. The summed E-state index contributed by atoms with van der Waals surface area (Å²) in [6.45, 7) is 2.18. The van der Waals surface area contributed by atoms with E-state index in [0.29, 0.717) is 17.9 Å². The normalized spacial score (nSPS) is 13.1. The topological polar surface area (TPSA) is 75.7 Å². The van der Waals surface area contributed by atoms with Gasteiger partial charge in [0.15, 0.2) is 5.75 Å². The Morgan fingerprint density at radius 3 is 2.52 bits per heavy atom. The number of anilines is 1. The quantitative estimate of drug-likeness (QED) is 0.594. The molecule has 1 amide bonds. The van der Waals surface area contributed by atoms with Crippen LogP contribution in [0.3, 0.4) is 0 Å². The molecule has 6 nitrogen and oxygen atoms in total. The molecule has 1 aliphatic heterocycles. The lowest BCUT2D eigenvalue weighted by Gasteiger charge is -2.19. The van der Waals surface area contributed by atoms with Gasteiger partial charge < -0.3 is 10.1 Å². The van der Waals surface area contributed by atoms with E-state index in [9.17, 15) is 13.2 Å². The molecule has 31 heavy (non-hydrogen) atoms. The first kappa shape index (κ1) is 21.4. The molecule has 0 bridgehead atoms. The van der Waals surface area contributed by atoms with E-state index in [-0.39, 0.29) is 27.8 Å². The molecule has 0 fully saturated rings. The Kier molecular flexibility index (Phi) is 5.75. The lowest BCUT2D eigenvalue weighted by molar-refractivity contribution is 0.102. The third kappa shape index (κ3) is 4.30. The van der Waals surface area contributed by atoms with Gasteiger partial charge in [0.2, 0.25) is 10.0 Å². The molecule has 0 aromatic heterocycles. The van der Waals surface area contributed by atoms with Gasteiger partial charge in [-0.15, -0.1) is 0 Å². The Morgan fingerprint density at radius 1 is 1.03 bits per heavy atom. The van der Waals surface area contributed by atoms with E-state index in [4.69, 9.17) is 16.3 Å². The third-order valence-corrected chi connectivity index (χ3v) is 7.45. The highest BCUT2D eigenvalue weighted by Crippen LogP contribution is 2.39. The number of likely N-dealkylation sites (N-methyl/N-ethyl adjacent to an activating group) is 1. The smallest absolute Gasteiger partial charge is 0.259 e. The molecule has 4 rings (SSSR count). The summed E-state index contributed by atoms with van der Waals surface area (Å²) in [6.07, 6.45) is 0.553. The Balaban J connectivity index is 1.66. The molecule has 0 saturated heterocycles. The number of carbonyl (C=O) groups excluding carboxylic acids is 1. The first-order chi connectivity index (χ1) is 14.8. The number of nitrogens with one attached hydrogen (secondary N) is 1. The van der Waals surface area contributed by atoms with E-state index >= 15 is 0 Å². The summed E-state index contributed by atoms with van der Waals surface area (Å²) in [7, 11) is -2.42. The van der Waals surface area contributed by atoms with Crippen LogP contribution in [-0.4, -0.2) is 32.2 Å². The van der Waals surface area contributed by atoms with Crippen LogP contribution in [0, 0.1) is 6.92 Å². The maximum absolute atomic E-state index is 13.2. The molecule has 8 heteroatoms. The molecule has 0 saturated carbocycles. The van der Waals surface area contributed by atoms with Crippen LogP contribution in [0.15, 0.2) is 65.6 Å². The van der Waals surface area contributed by atoms with Crippen LogP contribution < -0.4 is 10.1 Å². The Hall–Kier alpha value is -2.87. The number of carbonyl (C=O) groups is 1. The zero-order valence-electron chi connectivity index (χ0n) is 17.1. The maximum Gasteiger partial charge on any atom is 0.259 e. The number of hydrogen-bond donors (Lipinski definition) is 1. The molecule has 0 atom stereocenters. The van der Waals surface area contributed by atoms with Crippen molar-refractivity contribution >= 4 is 33.2 Å². The van der Waals surface area contributed by atoms with Gasteiger partial charge in [0.1, 0.15) is 10.6 Å². The Morgan fingerprint density at radius 2 is 1.77 bits per heavy atom. The maximum atomic E-state index is 13.2. The highest BCUT2D eigenvalue weighted by molar-refractivity contribution is 7.89. The van der Waals surface area contributed by atoms with Crippen LogP contribution in [0.2, 0.25) is 5.02 Å². The number of halogens is 1. The largest absolute Gasteiger partial charge is 0.454 e. The van der Waals surface area contributed by atoms with Crippen molar-refractivity contribution in [3.63, 3.8) is 0 Å². The average Bonchev–Trinajstić information content (AvgIpc) is 2.87. The van der Waals surface area contributed by atoms with Crippen molar-refractivity contribution in [3.05, 3.63) is 82.4 Å². The molecule has 1 N–H and O–H groups in total. The number of hydrogen-bond acceptors (Lipinski definition) is 4. The lowest BCUT2D eigenvalue weighted by atomic mass is 10.2. The van der Waals surface area contributed by atoms with Gasteiger partial charge in [-0.25, -0.2) is 12.7 Å². The number of fused-ring (bicyclic) bond motifs is 2. The van der Waals surface area contributed by atoms with Crippen molar-refractivity contribution in [3.8, 4) is 11.5 Å². The van der Waals surface area contributed by atoms with Crippen LogP contribution in [0.1, 0.15) is 21.5 Å². The summed E-state index contributed by atoms with van der Waals surface area (Å²) in [6, 6.07) is 17.6. The van der Waals surface area contributed by atoms with Gasteiger partial charge >= 0.3 is 0 Å².